The summed E-state index contributed by atoms with van der Waals surface area (Å²) in [5, 5.41) is 15.3. The molecule has 0 aliphatic carbocycles. The molecule has 0 saturated heterocycles. The third-order valence-corrected chi connectivity index (χ3v) is 4.66. The Kier molecular flexibility index (Phi) is 5.17. The Bertz CT molecular complexity index is 1090. The van der Waals surface area contributed by atoms with Crippen LogP contribution in [-0.2, 0) is 17.9 Å². The minimum atomic E-state index is -0.328. The molecule has 9 nitrogen and oxygen atoms in total. The van der Waals surface area contributed by atoms with Gasteiger partial charge in [-0.2, -0.15) is 5.10 Å². The van der Waals surface area contributed by atoms with Gasteiger partial charge in [-0.1, -0.05) is 18.2 Å². The first-order valence-corrected chi connectivity index (χ1v) is 9.35. The van der Waals surface area contributed by atoms with Gasteiger partial charge in [-0.25, -0.2) is 4.79 Å². The molecule has 4 amide bonds. The maximum atomic E-state index is 12.6. The van der Waals surface area contributed by atoms with E-state index in [1.165, 1.54) is 6.92 Å². The van der Waals surface area contributed by atoms with E-state index in [1.54, 1.807) is 29.2 Å². The quantitative estimate of drug-likeness (QED) is 0.534. The second kappa shape index (κ2) is 8.08. The zero-order valence-electron chi connectivity index (χ0n) is 16.2. The molecule has 0 unspecified atom stereocenters. The molecular weight excluding hydrogens is 384 g/mol. The molecule has 3 aromatic rings. The van der Waals surface area contributed by atoms with Gasteiger partial charge in [0.05, 0.1) is 18.8 Å². The molecule has 9 heteroatoms. The van der Waals surface area contributed by atoms with Gasteiger partial charge in [0.25, 0.3) is 5.91 Å². The number of H-pyrrole nitrogens is 1. The van der Waals surface area contributed by atoms with Crippen LogP contribution < -0.4 is 16.0 Å². The highest BCUT2D eigenvalue weighted by Crippen LogP contribution is 2.28. The number of aromatic amines is 1. The summed E-state index contributed by atoms with van der Waals surface area (Å²) in [6.07, 6.45) is 0. The van der Waals surface area contributed by atoms with Gasteiger partial charge in [-0.05, 0) is 36.4 Å². The van der Waals surface area contributed by atoms with E-state index >= 15 is 0 Å². The van der Waals surface area contributed by atoms with Gasteiger partial charge in [0, 0.05) is 29.4 Å². The minimum Gasteiger partial charge on any atom is -0.326 e. The first-order valence-electron chi connectivity index (χ1n) is 9.35. The molecule has 30 heavy (non-hydrogen) atoms. The number of amides is 4. The van der Waals surface area contributed by atoms with Crippen molar-refractivity contribution in [1.29, 1.82) is 0 Å². The predicted molar refractivity (Wildman–Crippen MR) is 112 cm³/mol. The molecule has 0 saturated carbocycles. The number of nitrogens with one attached hydrogen (secondary N) is 4. The number of aromatic nitrogens is 2. The number of hydrogen-bond donors (Lipinski definition) is 4. The van der Waals surface area contributed by atoms with Gasteiger partial charge in [0.15, 0.2) is 5.82 Å². The number of fused-ring (bicyclic) bond motifs is 1. The van der Waals surface area contributed by atoms with Crippen molar-refractivity contribution in [1.82, 2.24) is 15.1 Å². The average molecular weight is 404 g/mol. The van der Waals surface area contributed by atoms with E-state index in [4.69, 9.17) is 0 Å². The molecule has 0 radical (unpaired) electrons. The van der Waals surface area contributed by atoms with Crippen LogP contribution in [0.15, 0.2) is 54.6 Å². The fourth-order valence-electron chi connectivity index (χ4n) is 3.20. The van der Waals surface area contributed by atoms with Gasteiger partial charge >= 0.3 is 6.03 Å². The number of hydrogen-bond acceptors (Lipinski definition) is 4. The van der Waals surface area contributed by atoms with Crippen LogP contribution >= 0.6 is 0 Å². The summed E-state index contributed by atoms with van der Waals surface area (Å²) in [4.78, 5) is 37.8. The van der Waals surface area contributed by atoms with Gasteiger partial charge in [0.2, 0.25) is 5.91 Å². The Morgan fingerprint density at radius 2 is 1.60 bits per heavy atom. The highest BCUT2D eigenvalue weighted by atomic mass is 16.2. The number of nitrogens with zero attached hydrogens (tertiary/aromatic N) is 2. The number of carbonyl (C=O) groups is 3. The van der Waals surface area contributed by atoms with Crippen LogP contribution in [-0.4, -0.2) is 32.9 Å². The molecular formula is C21H20N6O3. The van der Waals surface area contributed by atoms with E-state index in [-0.39, 0.29) is 17.8 Å². The number of carbonyl (C=O) groups excluding carboxylic acids is 3. The van der Waals surface area contributed by atoms with Gasteiger partial charge in [-0.15, -0.1) is 0 Å². The third kappa shape index (κ3) is 4.14. The maximum absolute atomic E-state index is 12.6. The van der Waals surface area contributed by atoms with Crippen molar-refractivity contribution >= 4 is 35.0 Å². The molecule has 0 spiro atoms. The lowest BCUT2D eigenvalue weighted by Gasteiger charge is -2.16. The van der Waals surface area contributed by atoms with Crippen molar-refractivity contribution in [2.75, 3.05) is 16.0 Å². The monoisotopic (exact) mass is 404 g/mol. The first-order chi connectivity index (χ1) is 14.5. The van der Waals surface area contributed by atoms with Crippen LogP contribution in [0.1, 0.15) is 28.5 Å². The Morgan fingerprint density at radius 1 is 0.900 bits per heavy atom. The van der Waals surface area contributed by atoms with Crippen molar-refractivity contribution in [3.8, 4) is 0 Å². The summed E-state index contributed by atoms with van der Waals surface area (Å²) in [6, 6.07) is 15.5. The van der Waals surface area contributed by atoms with Crippen LogP contribution in [0.4, 0.5) is 22.0 Å². The van der Waals surface area contributed by atoms with Crippen molar-refractivity contribution in [2.24, 2.45) is 0 Å². The summed E-state index contributed by atoms with van der Waals surface area (Å²) in [7, 11) is 0. The standard InChI is InChI=1S/C21H20N6O3/c1-13(28)22-16-9-7-14(8-10-16)20(29)24-19-17-11-27(12-18(17)25-26-19)21(30)23-15-5-3-2-4-6-15/h2-10H,11-12H2,1H3,(H,22,28)(H,23,30)(H2,24,25,26,29). The van der Waals surface area contributed by atoms with Crippen molar-refractivity contribution < 1.29 is 14.4 Å². The lowest BCUT2D eigenvalue weighted by atomic mass is 10.2. The fraction of sp³-hybridized carbons (Fsp3) is 0.143. The molecule has 0 bridgehead atoms. The molecule has 152 valence electrons. The summed E-state index contributed by atoms with van der Waals surface area (Å²) in [5.74, 6) is -0.109. The summed E-state index contributed by atoms with van der Waals surface area (Å²) < 4.78 is 0. The van der Waals surface area contributed by atoms with Crippen molar-refractivity contribution in [3.05, 3.63) is 71.4 Å². The lowest BCUT2D eigenvalue weighted by molar-refractivity contribution is -0.114. The fourth-order valence-corrected chi connectivity index (χ4v) is 3.20. The van der Waals surface area contributed by atoms with Crippen molar-refractivity contribution in [3.63, 3.8) is 0 Å². The van der Waals surface area contributed by atoms with Crippen LogP contribution in [0.2, 0.25) is 0 Å². The second-order valence-corrected chi connectivity index (χ2v) is 6.89. The van der Waals surface area contributed by atoms with E-state index in [2.05, 4.69) is 26.1 Å². The molecule has 0 fully saturated rings. The number of rotatable bonds is 4. The number of para-hydroxylation sites is 1. The molecule has 0 atom stereocenters. The Balaban J connectivity index is 1.40. The predicted octanol–water partition coefficient (Wildman–Crippen LogP) is 3.17. The topological polar surface area (TPSA) is 119 Å². The van der Waals surface area contributed by atoms with Crippen LogP contribution in [0, 0.1) is 0 Å². The molecule has 2 heterocycles. The smallest absolute Gasteiger partial charge is 0.322 e. The lowest BCUT2D eigenvalue weighted by Crippen LogP contribution is -2.30. The van der Waals surface area contributed by atoms with Crippen LogP contribution in [0.25, 0.3) is 0 Å². The highest BCUT2D eigenvalue weighted by molar-refractivity contribution is 6.04. The Morgan fingerprint density at radius 3 is 2.30 bits per heavy atom. The third-order valence-electron chi connectivity index (χ3n) is 4.66. The van der Waals surface area contributed by atoms with Gasteiger partial charge in [0.1, 0.15) is 0 Å². The highest BCUT2D eigenvalue weighted by Gasteiger charge is 2.29. The summed E-state index contributed by atoms with van der Waals surface area (Å²) in [6.45, 7) is 2.13. The summed E-state index contributed by atoms with van der Waals surface area (Å²) in [5.41, 5.74) is 3.32. The molecule has 4 N–H and O–H groups in total. The van der Waals surface area contributed by atoms with Gasteiger partial charge in [-0.3, -0.25) is 14.7 Å². The minimum absolute atomic E-state index is 0.180. The normalized spacial score (nSPS) is 12.2. The van der Waals surface area contributed by atoms with E-state index in [9.17, 15) is 14.4 Å². The Labute approximate surface area is 172 Å². The molecule has 4 rings (SSSR count). The van der Waals surface area contributed by atoms with Gasteiger partial charge < -0.3 is 20.9 Å². The Hall–Kier alpha value is -4.14. The SMILES string of the molecule is CC(=O)Nc1ccc(C(=O)Nc2n[nH]c3c2CN(C(=O)Nc2ccccc2)C3)cc1. The second-order valence-electron chi connectivity index (χ2n) is 6.89. The van der Waals surface area contributed by atoms with Crippen molar-refractivity contribution in [2.45, 2.75) is 20.0 Å². The van der Waals surface area contributed by atoms with Crippen LogP contribution in [0.5, 0.6) is 0 Å². The van der Waals surface area contributed by atoms with E-state index in [0.717, 1.165) is 11.3 Å². The molecule has 1 aliphatic heterocycles. The zero-order valence-corrected chi connectivity index (χ0v) is 16.2. The van der Waals surface area contributed by atoms with E-state index in [0.29, 0.717) is 35.8 Å². The molecule has 1 aliphatic rings. The number of anilines is 3. The molecule has 1 aromatic heterocycles. The molecule has 2 aromatic carbocycles. The van der Waals surface area contributed by atoms with E-state index < -0.39 is 0 Å². The largest absolute Gasteiger partial charge is 0.326 e. The van der Waals surface area contributed by atoms with Crippen LogP contribution in [0.3, 0.4) is 0 Å². The first kappa shape index (κ1) is 19.2. The van der Waals surface area contributed by atoms with E-state index in [1.807, 2.05) is 30.3 Å². The zero-order chi connectivity index (χ0) is 21.1. The summed E-state index contributed by atoms with van der Waals surface area (Å²) >= 11 is 0. The number of benzene rings is 2. The number of urea groups is 1. The maximum Gasteiger partial charge on any atom is 0.322 e. The average Bonchev–Trinajstić information content (AvgIpc) is 3.31.